The minimum Gasteiger partial charge on any atom is -0.465 e. The topological polar surface area (TPSA) is 89.8 Å². The molecule has 1 unspecified atom stereocenters. The van der Waals surface area contributed by atoms with Gasteiger partial charge in [0.1, 0.15) is 0 Å². The van der Waals surface area contributed by atoms with E-state index in [1.54, 1.807) is 0 Å². The zero-order chi connectivity index (χ0) is 12.6. The van der Waals surface area contributed by atoms with Crippen LogP contribution >= 0.6 is 0 Å². The van der Waals surface area contributed by atoms with Gasteiger partial charge in [0.25, 0.3) is 0 Å². The van der Waals surface area contributed by atoms with Gasteiger partial charge in [-0.05, 0) is 24.7 Å². The quantitative estimate of drug-likeness (QED) is 0.541. The zero-order valence-corrected chi connectivity index (χ0v) is 10.0. The van der Waals surface area contributed by atoms with Crippen LogP contribution in [0.2, 0.25) is 0 Å². The second-order valence-electron chi connectivity index (χ2n) is 5.64. The maximum atomic E-state index is 10.9. The average molecular weight is 231 g/mol. The number of hydrogen-bond donors (Lipinski definition) is 4. The van der Waals surface area contributed by atoms with E-state index in [0.717, 1.165) is 0 Å². The minimum atomic E-state index is -1.08. The second-order valence-corrected chi connectivity index (χ2v) is 5.64. The van der Waals surface area contributed by atoms with Crippen LogP contribution < -0.4 is 5.32 Å². The predicted molar refractivity (Wildman–Crippen MR) is 59.2 cm³/mol. The number of carbonyl (C=O) groups is 1. The van der Waals surface area contributed by atoms with Gasteiger partial charge in [0, 0.05) is 0 Å². The van der Waals surface area contributed by atoms with Crippen molar-refractivity contribution in [1.29, 1.82) is 0 Å². The predicted octanol–water partition coefficient (Wildman–Crippen LogP) is 0.945. The molecule has 3 atom stereocenters. The molecule has 1 amide bonds. The molecule has 0 spiro atoms. The summed E-state index contributed by atoms with van der Waals surface area (Å²) in [6, 6.07) is 0. The van der Waals surface area contributed by atoms with E-state index in [1.165, 1.54) is 0 Å². The number of aliphatic hydroxyl groups is 2. The van der Waals surface area contributed by atoms with Crippen molar-refractivity contribution >= 4 is 6.09 Å². The molecule has 1 aliphatic carbocycles. The van der Waals surface area contributed by atoms with Gasteiger partial charge in [-0.2, -0.15) is 0 Å². The third-order valence-corrected chi connectivity index (χ3v) is 3.65. The van der Waals surface area contributed by atoms with Crippen LogP contribution in [0.1, 0.15) is 40.0 Å². The molecule has 4 N–H and O–H groups in total. The van der Waals surface area contributed by atoms with E-state index in [-0.39, 0.29) is 11.8 Å². The first kappa shape index (κ1) is 13.3. The fourth-order valence-electron chi connectivity index (χ4n) is 2.37. The van der Waals surface area contributed by atoms with Gasteiger partial charge in [0.05, 0.1) is 17.7 Å². The summed E-state index contributed by atoms with van der Waals surface area (Å²) in [6.07, 6.45) is -1.48. The highest BCUT2D eigenvalue weighted by atomic mass is 16.4. The lowest BCUT2D eigenvalue weighted by molar-refractivity contribution is -0.0632. The van der Waals surface area contributed by atoms with E-state index in [4.69, 9.17) is 5.11 Å². The van der Waals surface area contributed by atoms with Crippen LogP contribution in [-0.4, -0.2) is 39.2 Å². The van der Waals surface area contributed by atoms with Gasteiger partial charge in [-0.15, -0.1) is 0 Å². The third-order valence-electron chi connectivity index (χ3n) is 3.65. The monoisotopic (exact) mass is 231 g/mol. The molecule has 0 saturated heterocycles. The maximum Gasteiger partial charge on any atom is 0.405 e. The molecule has 5 nitrogen and oxygen atoms in total. The number of nitrogens with one attached hydrogen (secondary N) is 1. The molecule has 1 aliphatic rings. The van der Waals surface area contributed by atoms with Crippen LogP contribution in [0.3, 0.4) is 0 Å². The smallest absolute Gasteiger partial charge is 0.405 e. The summed E-state index contributed by atoms with van der Waals surface area (Å²) in [5.74, 6) is 0. The Bertz CT molecular complexity index is 274. The van der Waals surface area contributed by atoms with Crippen molar-refractivity contribution in [3.8, 4) is 0 Å². The normalized spacial score (nSPS) is 35.8. The Morgan fingerprint density at radius 1 is 1.31 bits per heavy atom. The van der Waals surface area contributed by atoms with Gasteiger partial charge in [0.2, 0.25) is 0 Å². The molecule has 0 aromatic rings. The summed E-state index contributed by atoms with van der Waals surface area (Å²) in [4.78, 5) is 10.9. The van der Waals surface area contributed by atoms with Crippen molar-refractivity contribution in [2.45, 2.75) is 57.8 Å². The molecule has 1 rings (SSSR count). The molecule has 5 heteroatoms. The van der Waals surface area contributed by atoms with E-state index in [0.29, 0.717) is 12.8 Å². The molecule has 16 heavy (non-hydrogen) atoms. The Labute approximate surface area is 95.5 Å². The summed E-state index contributed by atoms with van der Waals surface area (Å²) in [6.45, 7) is 5.81. The maximum absolute atomic E-state index is 10.9. The van der Waals surface area contributed by atoms with Gasteiger partial charge < -0.3 is 20.6 Å². The molecule has 1 fully saturated rings. The van der Waals surface area contributed by atoms with Crippen LogP contribution in [0, 0.1) is 5.41 Å². The van der Waals surface area contributed by atoms with Gasteiger partial charge in [0.15, 0.2) is 0 Å². The lowest BCUT2D eigenvalue weighted by Crippen LogP contribution is -2.62. The van der Waals surface area contributed by atoms with Crippen LogP contribution in [0.5, 0.6) is 0 Å². The van der Waals surface area contributed by atoms with Gasteiger partial charge in [-0.1, -0.05) is 20.8 Å². The van der Waals surface area contributed by atoms with Crippen LogP contribution in [0.25, 0.3) is 0 Å². The number of hydrogen-bond acceptors (Lipinski definition) is 3. The highest BCUT2D eigenvalue weighted by Gasteiger charge is 2.48. The summed E-state index contributed by atoms with van der Waals surface area (Å²) < 4.78 is 0. The van der Waals surface area contributed by atoms with Crippen molar-refractivity contribution in [3.63, 3.8) is 0 Å². The standard InChI is InChI=1S/C11H21NO4/c1-10(2,3)11(12-9(15)16)5-4-7(13)8(14)6-11/h7-8,12-14H,4-6H2,1-3H3,(H,15,16)/t7-,8+,11?/m0/s1. The molecule has 0 radical (unpaired) electrons. The third kappa shape index (κ3) is 2.47. The second kappa shape index (κ2) is 4.22. The van der Waals surface area contributed by atoms with Gasteiger partial charge >= 0.3 is 6.09 Å². The molecule has 0 aromatic heterocycles. The van der Waals surface area contributed by atoms with Crippen molar-refractivity contribution in [3.05, 3.63) is 0 Å². The Hall–Kier alpha value is -0.810. The minimum absolute atomic E-state index is 0.254. The fraction of sp³-hybridized carbons (Fsp3) is 0.909. The first-order chi connectivity index (χ1) is 7.18. The lowest BCUT2D eigenvalue weighted by atomic mass is 9.64. The molecular formula is C11H21NO4. The molecule has 1 saturated carbocycles. The van der Waals surface area contributed by atoms with E-state index >= 15 is 0 Å². The van der Waals surface area contributed by atoms with Crippen molar-refractivity contribution < 1.29 is 20.1 Å². The Balaban J connectivity index is 2.93. The SMILES string of the molecule is CC(C)(C)C1(NC(=O)O)CC[C@H](O)[C@H](O)C1. The molecule has 0 bridgehead atoms. The van der Waals surface area contributed by atoms with E-state index in [1.807, 2.05) is 20.8 Å². The summed E-state index contributed by atoms with van der Waals surface area (Å²) >= 11 is 0. The lowest BCUT2D eigenvalue weighted by Gasteiger charge is -2.49. The van der Waals surface area contributed by atoms with Crippen LogP contribution in [0.15, 0.2) is 0 Å². The highest BCUT2D eigenvalue weighted by Crippen LogP contribution is 2.42. The number of amides is 1. The van der Waals surface area contributed by atoms with E-state index < -0.39 is 23.8 Å². The van der Waals surface area contributed by atoms with E-state index in [9.17, 15) is 15.0 Å². The molecule has 0 aromatic carbocycles. The van der Waals surface area contributed by atoms with Crippen molar-refractivity contribution in [2.75, 3.05) is 0 Å². The molecule has 94 valence electrons. The first-order valence-electron chi connectivity index (χ1n) is 5.55. The van der Waals surface area contributed by atoms with Crippen molar-refractivity contribution in [1.82, 2.24) is 5.32 Å². The zero-order valence-electron chi connectivity index (χ0n) is 10.0. The van der Waals surface area contributed by atoms with E-state index in [2.05, 4.69) is 5.32 Å². The largest absolute Gasteiger partial charge is 0.465 e. The van der Waals surface area contributed by atoms with Crippen molar-refractivity contribution in [2.24, 2.45) is 5.41 Å². The Morgan fingerprint density at radius 3 is 2.25 bits per heavy atom. The summed E-state index contributed by atoms with van der Waals surface area (Å²) in [5.41, 5.74) is -0.968. The van der Waals surface area contributed by atoms with Gasteiger partial charge in [-0.25, -0.2) is 4.79 Å². The summed E-state index contributed by atoms with van der Waals surface area (Å²) in [7, 11) is 0. The highest BCUT2D eigenvalue weighted by molar-refractivity contribution is 5.66. The van der Waals surface area contributed by atoms with Gasteiger partial charge in [-0.3, -0.25) is 0 Å². The number of rotatable bonds is 1. The molecule has 0 aliphatic heterocycles. The average Bonchev–Trinajstić information content (AvgIpc) is 2.08. The first-order valence-corrected chi connectivity index (χ1v) is 5.55. The Kier molecular flexibility index (Phi) is 3.50. The Morgan fingerprint density at radius 2 is 1.88 bits per heavy atom. The van der Waals surface area contributed by atoms with Crippen LogP contribution in [-0.2, 0) is 0 Å². The molecular weight excluding hydrogens is 210 g/mol. The number of aliphatic hydroxyl groups excluding tert-OH is 2. The fourth-order valence-corrected chi connectivity index (χ4v) is 2.37. The summed E-state index contributed by atoms with van der Waals surface area (Å²) in [5, 5.41) is 30.6. The van der Waals surface area contributed by atoms with Crippen LogP contribution in [0.4, 0.5) is 4.79 Å². The molecule has 0 heterocycles. The number of carboxylic acid groups (broad SMARTS) is 1.